The molecule has 2 atom stereocenters. The molecule has 5 aliphatic carbocycles. The second-order valence-electron chi connectivity index (χ2n) is 9.51. The van der Waals surface area contributed by atoms with Gasteiger partial charge in [0.25, 0.3) is 0 Å². The van der Waals surface area contributed by atoms with Gasteiger partial charge in [-0.2, -0.15) is 0 Å². The summed E-state index contributed by atoms with van der Waals surface area (Å²) in [6, 6.07) is 0. The van der Waals surface area contributed by atoms with Gasteiger partial charge in [0.15, 0.2) is 0 Å². The maximum atomic E-state index is 13.5. The van der Waals surface area contributed by atoms with Crippen LogP contribution in [0.5, 0.6) is 0 Å². The van der Waals surface area contributed by atoms with Gasteiger partial charge in [0.1, 0.15) is 11.6 Å². The van der Waals surface area contributed by atoms with E-state index in [-0.39, 0.29) is 10.8 Å². The summed E-state index contributed by atoms with van der Waals surface area (Å²) in [5.74, 6) is 0.769. The molecule has 0 aromatic rings. The molecular formula is C21H30O2. The lowest BCUT2D eigenvalue weighted by Gasteiger charge is -2.56. The first-order valence-corrected chi connectivity index (χ1v) is 10.2. The molecule has 126 valence electrons. The highest BCUT2D eigenvalue weighted by atomic mass is 16.2. The number of ketones is 2. The normalized spacial score (nSPS) is 44.0. The largest absolute Gasteiger partial charge is 0.299 e. The van der Waals surface area contributed by atoms with Gasteiger partial charge in [-0.05, 0) is 67.6 Å². The highest BCUT2D eigenvalue weighted by Crippen LogP contribution is 2.80. The van der Waals surface area contributed by atoms with Gasteiger partial charge in [-0.1, -0.05) is 32.1 Å². The van der Waals surface area contributed by atoms with E-state index in [0.717, 1.165) is 25.7 Å². The van der Waals surface area contributed by atoms with Crippen molar-refractivity contribution in [3.8, 4) is 0 Å². The minimum Gasteiger partial charge on any atom is -0.299 e. The van der Waals surface area contributed by atoms with E-state index in [4.69, 9.17) is 0 Å². The third kappa shape index (κ3) is 1.37. The molecule has 4 spiro atoms. The Balaban J connectivity index is 1.75. The molecule has 5 rings (SSSR count). The van der Waals surface area contributed by atoms with Crippen molar-refractivity contribution in [2.75, 3.05) is 0 Å². The molecule has 5 fully saturated rings. The first-order chi connectivity index (χ1) is 11.1. The van der Waals surface area contributed by atoms with Crippen molar-refractivity contribution in [3.63, 3.8) is 0 Å². The molecule has 5 aliphatic rings. The van der Waals surface area contributed by atoms with E-state index in [2.05, 4.69) is 0 Å². The van der Waals surface area contributed by atoms with Crippen LogP contribution in [0.3, 0.4) is 0 Å². The van der Waals surface area contributed by atoms with Crippen LogP contribution in [-0.2, 0) is 9.59 Å². The summed E-state index contributed by atoms with van der Waals surface area (Å²) in [6.45, 7) is 0. The van der Waals surface area contributed by atoms with E-state index in [1.54, 1.807) is 0 Å². The number of hydrogen-bond donors (Lipinski definition) is 0. The summed E-state index contributed by atoms with van der Waals surface area (Å²) in [7, 11) is 0. The fourth-order valence-corrected chi connectivity index (χ4v) is 8.88. The first kappa shape index (κ1) is 14.7. The molecule has 0 aliphatic heterocycles. The lowest BCUT2D eigenvalue weighted by Crippen LogP contribution is -2.58. The quantitative estimate of drug-likeness (QED) is 0.590. The van der Waals surface area contributed by atoms with Crippen LogP contribution < -0.4 is 0 Å². The van der Waals surface area contributed by atoms with Crippen molar-refractivity contribution in [1.82, 2.24) is 0 Å². The molecule has 2 nitrogen and oxygen atoms in total. The second-order valence-corrected chi connectivity index (χ2v) is 9.51. The summed E-state index contributed by atoms with van der Waals surface area (Å²) < 4.78 is 0. The maximum absolute atomic E-state index is 13.5. The van der Waals surface area contributed by atoms with E-state index < -0.39 is 5.41 Å². The lowest BCUT2D eigenvalue weighted by molar-refractivity contribution is -0.162. The summed E-state index contributed by atoms with van der Waals surface area (Å²) in [5.41, 5.74) is -0.0742. The molecule has 0 aromatic carbocycles. The molecule has 2 heteroatoms. The fourth-order valence-electron chi connectivity index (χ4n) is 8.88. The molecule has 0 saturated heterocycles. The van der Waals surface area contributed by atoms with Gasteiger partial charge < -0.3 is 0 Å². The molecule has 0 radical (unpaired) electrons. The van der Waals surface area contributed by atoms with E-state index in [1.807, 2.05) is 0 Å². The standard InChI is InChI=1S/C21H30O2/c22-16-6-14-19(10-3-4-11-19)21(16)17(23)7-15-20(21)13-5-12-18(20)8-1-2-9-18/h1-15H2/t20-,21-/m0/s1. The molecule has 23 heavy (non-hydrogen) atoms. The Labute approximate surface area is 139 Å². The summed E-state index contributed by atoms with van der Waals surface area (Å²) in [5, 5.41) is 0. The molecule has 0 heterocycles. The van der Waals surface area contributed by atoms with Crippen molar-refractivity contribution >= 4 is 11.6 Å². The van der Waals surface area contributed by atoms with E-state index in [1.165, 1.54) is 57.8 Å². The smallest absolute Gasteiger partial charge is 0.147 e. The van der Waals surface area contributed by atoms with Gasteiger partial charge in [0.2, 0.25) is 0 Å². The predicted octanol–water partition coefficient (Wildman–Crippen LogP) is 4.99. The predicted molar refractivity (Wildman–Crippen MR) is 89.0 cm³/mol. The highest BCUT2D eigenvalue weighted by Gasteiger charge is 2.79. The third-order valence-corrected chi connectivity index (χ3v) is 9.35. The zero-order chi connectivity index (χ0) is 15.8. The number of fused-ring (bicyclic) bond motifs is 3. The Bertz CT molecular complexity index is 549. The van der Waals surface area contributed by atoms with Crippen molar-refractivity contribution in [1.29, 1.82) is 0 Å². The van der Waals surface area contributed by atoms with Gasteiger partial charge >= 0.3 is 0 Å². The minimum absolute atomic E-state index is 0.0610. The van der Waals surface area contributed by atoms with Gasteiger partial charge in [-0.25, -0.2) is 0 Å². The average Bonchev–Trinajstić information content (AvgIpc) is 3.32. The first-order valence-electron chi connectivity index (χ1n) is 10.2. The minimum atomic E-state index is -0.544. The van der Waals surface area contributed by atoms with Gasteiger partial charge in [0, 0.05) is 12.8 Å². The molecule has 0 N–H and O–H groups in total. The van der Waals surface area contributed by atoms with Crippen molar-refractivity contribution in [2.24, 2.45) is 21.7 Å². The highest BCUT2D eigenvalue weighted by molar-refractivity contribution is 6.12. The SMILES string of the molecule is O=C1CCC2(CCCC2)[C@@]12C(=O)CC[C@]21CCCC12CCCC2. The summed E-state index contributed by atoms with van der Waals surface area (Å²) in [6.07, 6.45) is 17.2. The van der Waals surface area contributed by atoms with Gasteiger partial charge in [0.05, 0.1) is 5.41 Å². The zero-order valence-corrected chi connectivity index (χ0v) is 14.4. The van der Waals surface area contributed by atoms with Crippen LogP contribution in [0.25, 0.3) is 0 Å². The Hall–Kier alpha value is -0.660. The van der Waals surface area contributed by atoms with Crippen molar-refractivity contribution in [3.05, 3.63) is 0 Å². The summed E-state index contributed by atoms with van der Waals surface area (Å²) >= 11 is 0. The van der Waals surface area contributed by atoms with E-state index in [9.17, 15) is 9.59 Å². The molecular weight excluding hydrogens is 284 g/mol. The van der Waals surface area contributed by atoms with E-state index in [0.29, 0.717) is 29.8 Å². The topological polar surface area (TPSA) is 34.1 Å². The third-order valence-electron chi connectivity index (χ3n) is 9.35. The van der Waals surface area contributed by atoms with Gasteiger partial charge in [-0.15, -0.1) is 0 Å². The van der Waals surface area contributed by atoms with Crippen LogP contribution in [0, 0.1) is 21.7 Å². The molecule has 0 aromatic heterocycles. The number of carbonyl (C=O) groups excluding carboxylic acids is 2. The van der Waals surface area contributed by atoms with Crippen LogP contribution in [0.15, 0.2) is 0 Å². The molecule has 0 bridgehead atoms. The number of rotatable bonds is 0. The van der Waals surface area contributed by atoms with Crippen molar-refractivity contribution < 1.29 is 9.59 Å². The molecule has 0 amide bonds. The molecule has 0 unspecified atom stereocenters. The summed E-state index contributed by atoms with van der Waals surface area (Å²) in [4.78, 5) is 26.9. The monoisotopic (exact) mass is 314 g/mol. The molecule has 5 saturated carbocycles. The number of hydrogen-bond acceptors (Lipinski definition) is 2. The fraction of sp³-hybridized carbons (Fsp3) is 0.905. The lowest BCUT2D eigenvalue weighted by atomic mass is 9.45. The van der Waals surface area contributed by atoms with Crippen LogP contribution in [0.4, 0.5) is 0 Å². The Morgan fingerprint density at radius 1 is 0.522 bits per heavy atom. The average molecular weight is 314 g/mol. The van der Waals surface area contributed by atoms with Crippen LogP contribution in [0.2, 0.25) is 0 Å². The zero-order valence-electron chi connectivity index (χ0n) is 14.4. The number of Topliss-reactive ketones (excluding diaryl/α,β-unsaturated/α-hetero) is 2. The van der Waals surface area contributed by atoms with Crippen LogP contribution in [0.1, 0.15) is 96.3 Å². The van der Waals surface area contributed by atoms with Crippen molar-refractivity contribution in [2.45, 2.75) is 96.3 Å². The Morgan fingerprint density at radius 3 is 1.70 bits per heavy atom. The van der Waals surface area contributed by atoms with Gasteiger partial charge in [-0.3, -0.25) is 9.59 Å². The Kier molecular flexibility index (Phi) is 2.86. The number of carbonyl (C=O) groups is 2. The maximum Gasteiger partial charge on any atom is 0.147 e. The van der Waals surface area contributed by atoms with E-state index >= 15 is 0 Å². The van der Waals surface area contributed by atoms with Crippen LogP contribution in [-0.4, -0.2) is 11.6 Å². The van der Waals surface area contributed by atoms with Crippen LogP contribution >= 0.6 is 0 Å². The Morgan fingerprint density at radius 2 is 1.04 bits per heavy atom. The second kappa shape index (κ2) is 4.49.